The lowest BCUT2D eigenvalue weighted by Crippen LogP contribution is -2.46. The summed E-state index contributed by atoms with van der Waals surface area (Å²) < 4.78 is 14.7. The SMILES string of the molecule is Cc1ccc(NC(=O)[C@H]2CCCN(C(=O)c3c(C)cccc3F)C2c2ccccc2)cc1C. The van der Waals surface area contributed by atoms with Gasteiger partial charge in [0.1, 0.15) is 5.82 Å². The number of rotatable bonds is 4. The van der Waals surface area contributed by atoms with Crippen molar-refractivity contribution >= 4 is 17.5 Å². The van der Waals surface area contributed by atoms with E-state index in [4.69, 9.17) is 0 Å². The normalized spacial score (nSPS) is 18.1. The Morgan fingerprint density at radius 3 is 2.36 bits per heavy atom. The van der Waals surface area contributed by atoms with Gasteiger partial charge < -0.3 is 10.2 Å². The molecule has 4 nitrogen and oxygen atoms in total. The van der Waals surface area contributed by atoms with Gasteiger partial charge in [0, 0.05) is 12.2 Å². The molecule has 0 radical (unpaired) electrons. The first-order chi connectivity index (χ1) is 15.9. The standard InChI is InChI=1S/C28H29FN2O2/c1-18-14-15-22(17-20(18)3)30-27(32)23-12-8-16-31(26(23)21-10-5-4-6-11-21)28(33)25-19(2)9-7-13-24(25)29/h4-7,9-11,13-15,17,23,26H,8,12,16H2,1-3H3,(H,30,32)/t23-,26?/m0/s1. The van der Waals surface area contributed by atoms with Crippen LogP contribution in [0.4, 0.5) is 10.1 Å². The number of carbonyl (C=O) groups is 2. The van der Waals surface area contributed by atoms with Gasteiger partial charge in [0.15, 0.2) is 0 Å². The van der Waals surface area contributed by atoms with Crippen molar-refractivity contribution in [3.8, 4) is 0 Å². The lowest BCUT2D eigenvalue weighted by Gasteiger charge is -2.41. The second kappa shape index (κ2) is 9.57. The summed E-state index contributed by atoms with van der Waals surface area (Å²) in [5.74, 6) is -1.48. The maximum atomic E-state index is 14.7. The number of carbonyl (C=O) groups excluding carboxylic acids is 2. The van der Waals surface area contributed by atoms with E-state index < -0.39 is 17.8 Å². The summed E-state index contributed by atoms with van der Waals surface area (Å²) in [6.07, 6.45) is 1.32. The lowest BCUT2D eigenvalue weighted by molar-refractivity contribution is -0.123. The van der Waals surface area contributed by atoms with Crippen LogP contribution in [-0.2, 0) is 4.79 Å². The topological polar surface area (TPSA) is 49.4 Å². The van der Waals surface area contributed by atoms with Crippen molar-refractivity contribution < 1.29 is 14.0 Å². The molecule has 0 aromatic heterocycles. The zero-order valence-electron chi connectivity index (χ0n) is 19.3. The molecular weight excluding hydrogens is 415 g/mol. The molecule has 2 atom stereocenters. The number of amides is 2. The van der Waals surface area contributed by atoms with Gasteiger partial charge in [0.25, 0.3) is 5.91 Å². The number of benzene rings is 3. The summed E-state index contributed by atoms with van der Waals surface area (Å²) in [6.45, 7) is 6.25. The van der Waals surface area contributed by atoms with Crippen LogP contribution in [0.25, 0.3) is 0 Å². The van der Waals surface area contributed by atoms with E-state index in [0.717, 1.165) is 22.4 Å². The Bertz CT molecular complexity index is 1160. The van der Waals surface area contributed by atoms with E-state index in [1.807, 2.05) is 62.4 Å². The monoisotopic (exact) mass is 444 g/mol. The zero-order valence-corrected chi connectivity index (χ0v) is 19.3. The number of aryl methyl sites for hydroxylation is 3. The van der Waals surface area contributed by atoms with Crippen LogP contribution in [0, 0.1) is 32.5 Å². The minimum absolute atomic E-state index is 0.0775. The molecule has 1 N–H and O–H groups in total. The summed E-state index contributed by atoms with van der Waals surface area (Å²) in [5, 5.41) is 3.05. The molecule has 0 spiro atoms. The number of piperidine rings is 1. The number of nitrogens with zero attached hydrogens (tertiary/aromatic N) is 1. The van der Waals surface area contributed by atoms with E-state index >= 15 is 0 Å². The molecule has 170 valence electrons. The van der Waals surface area contributed by atoms with E-state index in [1.54, 1.807) is 24.0 Å². The van der Waals surface area contributed by atoms with Crippen LogP contribution in [0.1, 0.15) is 51.5 Å². The van der Waals surface area contributed by atoms with Crippen LogP contribution in [0.5, 0.6) is 0 Å². The summed E-state index contributed by atoms with van der Waals surface area (Å²) >= 11 is 0. The third-order valence-electron chi connectivity index (χ3n) is 6.58. The van der Waals surface area contributed by atoms with Gasteiger partial charge in [-0.3, -0.25) is 9.59 Å². The predicted molar refractivity (Wildman–Crippen MR) is 129 cm³/mol. The molecule has 0 saturated carbocycles. The van der Waals surface area contributed by atoms with Crippen molar-refractivity contribution in [2.24, 2.45) is 5.92 Å². The average Bonchev–Trinajstić information content (AvgIpc) is 2.81. The van der Waals surface area contributed by atoms with Gasteiger partial charge in [-0.1, -0.05) is 48.5 Å². The van der Waals surface area contributed by atoms with Gasteiger partial charge in [-0.2, -0.15) is 0 Å². The summed E-state index contributed by atoms with van der Waals surface area (Å²) in [5.41, 5.74) is 4.54. The molecule has 0 aliphatic carbocycles. The van der Waals surface area contributed by atoms with E-state index in [1.165, 1.54) is 6.07 Å². The van der Waals surface area contributed by atoms with Crippen LogP contribution < -0.4 is 5.32 Å². The summed E-state index contributed by atoms with van der Waals surface area (Å²) in [7, 11) is 0. The molecule has 33 heavy (non-hydrogen) atoms. The quantitative estimate of drug-likeness (QED) is 0.538. The van der Waals surface area contributed by atoms with Gasteiger partial charge in [-0.25, -0.2) is 4.39 Å². The Balaban J connectivity index is 1.70. The third kappa shape index (κ3) is 4.68. The molecule has 1 heterocycles. The number of nitrogens with one attached hydrogen (secondary N) is 1. The highest BCUT2D eigenvalue weighted by atomic mass is 19.1. The molecule has 3 aromatic rings. The van der Waals surface area contributed by atoms with Crippen molar-refractivity contribution in [1.29, 1.82) is 0 Å². The maximum absolute atomic E-state index is 14.7. The minimum atomic E-state index is -0.534. The average molecular weight is 445 g/mol. The third-order valence-corrected chi connectivity index (χ3v) is 6.58. The highest BCUT2D eigenvalue weighted by molar-refractivity contribution is 5.98. The van der Waals surface area contributed by atoms with Crippen LogP contribution in [-0.4, -0.2) is 23.3 Å². The fraction of sp³-hybridized carbons (Fsp3) is 0.286. The fourth-order valence-corrected chi connectivity index (χ4v) is 4.66. The predicted octanol–water partition coefficient (Wildman–Crippen LogP) is 5.98. The Kier molecular flexibility index (Phi) is 6.59. The van der Waals surface area contributed by atoms with E-state index in [9.17, 15) is 14.0 Å². The van der Waals surface area contributed by atoms with Gasteiger partial charge >= 0.3 is 0 Å². The second-order valence-corrected chi connectivity index (χ2v) is 8.82. The summed E-state index contributed by atoms with van der Waals surface area (Å²) in [4.78, 5) is 28.7. The van der Waals surface area contributed by atoms with Crippen molar-refractivity contribution in [3.05, 3.63) is 100 Å². The van der Waals surface area contributed by atoms with Crippen molar-refractivity contribution in [1.82, 2.24) is 4.90 Å². The molecule has 1 aliphatic rings. The molecule has 4 rings (SSSR count). The van der Waals surface area contributed by atoms with Gasteiger partial charge in [-0.15, -0.1) is 0 Å². The number of anilines is 1. The van der Waals surface area contributed by atoms with E-state index in [2.05, 4.69) is 5.32 Å². The van der Waals surface area contributed by atoms with Gasteiger partial charge in [0.05, 0.1) is 17.5 Å². The van der Waals surface area contributed by atoms with Gasteiger partial charge in [-0.05, 0) is 74.1 Å². The molecule has 1 fully saturated rings. The Labute approximate surface area is 194 Å². The largest absolute Gasteiger partial charge is 0.331 e. The number of hydrogen-bond donors (Lipinski definition) is 1. The minimum Gasteiger partial charge on any atom is -0.331 e. The Morgan fingerprint density at radius 2 is 1.67 bits per heavy atom. The fourth-order valence-electron chi connectivity index (χ4n) is 4.66. The maximum Gasteiger partial charge on any atom is 0.257 e. The lowest BCUT2D eigenvalue weighted by atomic mass is 9.83. The van der Waals surface area contributed by atoms with Crippen molar-refractivity contribution in [2.45, 2.75) is 39.7 Å². The highest BCUT2D eigenvalue weighted by Crippen LogP contribution is 2.38. The number of halogens is 1. The smallest absolute Gasteiger partial charge is 0.257 e. The Hall–Kier alpha value is -3.47. The van der Waals surface area contributed by atoms with Crippen LogP contribution in [0.2, 0.25) is 0 Å². The number of likely N-dealkylation sites (tertiary alicyclic amines) is 1. The molecule has 1 unspecified atom stereocenters. The van der Waals surface area contributed by atoms with Crippen LogP contribution in [0.15, 0.2) is 66.7 Å². The second-order valence-electron chi connectivity index (χ2n) is 8.82. The van der Waals surface area contributed by atoms with Crippen LogP contribution in [0.3, 0.4) is 0 Å². The first-order valence-electron chi connectivity index (χ1n) is 11.4. The molecule has 0 bridgehead atoms. The Morgan fingerprint density at radius 1 is 0.909 bits per heavy atom. The van der Waals surface area contributed by atoms with Gasteiger partial charge in [0.2, 0.25) is 5.91 Å². The molecule has 3 aromatic carbocycles. The molecule has 2 amide bonds. The molecular formula is C28H29FN2O2. The van der Waals surface area contributed by atoms with Crippen molar-refractivity contribution in [2.75, 3.05) is 11.9 Å². The van der Waals surface area contributed by atoms with E-state index in [-0.39, 0.29) is 17.4 Å². The van der Waals surface area contributed by atoms with E-state index in [0.29, 0.717) is 24.9 Å². The molecule has 1 aliphatic heterocycles. The molecule has 1 saturated heterocycles. The first-order valence-corrected chi connectivity index (χ1v) is 11.4. The van der Waals surface area contributed by atoms with Crippen LogP contribution >= 0.6 is 0 Å². The zero-order chi connectivity index (χ0) is 23.5. The first kappa shape index (κ1) is 22.7. The molecule has 5 heteroatoms. The number of hydrogen-bond acceptors (Lipinski definition) is 2. The van der Waals surface area contributed by atoms with Crippen molar-refractivity contribution in [3.63, 3.8) is 0 Å². The highest BCUT2D eigenvalue weighted by Gasteiger charge is 2.40. The summed E-state index contributed by atoms with van der Waals surface area (Å²) in [6, 6.07) is 19.6.